The number of rotatable bonds is 4. The fraction of sp³-hybridized carbons (Fsp3) is 0.182. The van der Waals surface area contributed by atoms with Crippen molar-refractivity contribution in [2.45, 2.75) is 40.5 Å². The molecule has 34 heavy (non-hydrogen) atoms. The van der Waals surface area contributed by atoms with Gasteiger partial charge in [0.1, 0.15) is 0 Å². The average molecular weight is 442 g/mol. The minimum Gasteiger partial charge on any atom is -0.247 e. The van der Waals surface area contributed by atoms with E-state index >= 15 is 0 Å². The Morgan fingerprint density at radius 3 is 1.88 bits per heavy atom. The molecular formula is C33H31N. The molecule has 0 saturated carbocycles. The third kappa shape index (κ3) is 3.92. The first-order chi connectivity index (χ1) is 16.4. The van der Waals surface area contributed by atoms with Gasteiger partial charge in [0.15, 0.2) is 0 Å². The van der Waals surface area contributed by atoms with E-state index in [1.54, 1.807) is 0 Å². The van der Waals surface area contributed by atoms with E-state index in [1.807, 2.05) is 0 Å². The highest BCUT2D eigenvalue weighted by Gasteiger charge is 2.21. The first kappa shape index (κ1) is 22.1. The molecule has 5 rings (SSSR count). The summed E-state index contributed by atoms with van der Waals surface area (Å²) in [6.45, 7) is 11.2. The maximum absolute atomic E-state index is 5.16. The number of fused-ring (bicyclic) bond motifs is 1. The van der Waals surface area contributed by atoms with Gasteiger partial charge in [0.25, 0.3) is 0 Å². The molecule has 0 amide bonds. The van der Waals surface area contributed by atoms with Gasteiger partial charge in [-0.1, -0.05) is 98.8 Å². The molecule has 168 valence electrons. The van der Waals surface area contributed by atoms with Gasteiger partial charge in [-0.05, 0) is 77.3 Å². The van der Waals surface area contributed by atoms with Gasteiger partial charge in [-0.2, -0.15) is 0 Å². The molecule has 0 aliphatic heterocycles. The first-order valence-corrected chi connectivity index (χ1v) is 12.1. The monoisotopic (exact) mass is 441 g/mol. The quantitative estimate of drug-likeness (QED) is 0.271. The Hall–Kier alpha value is -3.71. The Bertz CT molecular complexity index is 1430. The van der Waals surface area contributed by atoms with E-state index in [2.05, 4.69) is 126 Å². The van der Waals surface area contributed by atoms with Crippen molar-refractivity contribution in [3.05, 3.63) is 113 Å². The predicted molar refractivity (Wildman–Crippen MR) is 145 cm³/mol. The number of nitrogens with zero attached hydrogens (tertiary/aromatic N) is 1. The molecular weight excluding hydrogens is 410 g/mol. The number of aryl methyl sites for hydroxylation is 2. The number of benzene rings is 2. The largest absolute Gasteiger partial charge is 0.247 e. The fourth-order valence-corrected chi connectivity index (χ4v) is 4.93. The minimum absolute atomic E-state index is 0.491. The van der Waals surface area contributed by atoms with E-state index in [1.165, 1.54) is 44.5 Å². The lowest BCUT2D eigenvalue weighted by Crippen LogP contribution is -1.96. The molecule has 3 aromatic rings. The van der Waals surface area contributed by atoms with Crippen molar-refractivity contribution in [2.75, 3.05) is 0 Å². The van der Waals surface area contributed by atoms with Gasteiger partial charge in [0.05, 0.1) is 11.4 Å². The number of aromatic nitrogens is 1. The van der Waals surface area contributed by atoms with Gasteiger partial charge in [-0.3, -0.25) is 0 Å². The van der Waals surface area contributed by atoms with Crippen molar-refractivity contribution in [3.63, 3.8) is 0 Å². The molecule has 0 unspecified atom stereocenters. The van der Waals surface area contributed by atoms with E-state index in [-0.39, 0.29) is 0 Å². The van der Waals surface area contributed by atoms with Gasteiger partial charge < -0.3 is 0 Å². The Morgan fingerprint density at radius 1 is 0.588 bits per heavy atom. The van der Waals surface area contributed by atoms with E-state index < -0.39 is 0 Å². The van der Waals surface area contributed by atoms with Crippen LogP contribution in [-0.2, 0) is 0 Å². The Morgan fingerprint density at radius 2 is 1.24 bits per heavy atom. The van der Waals surface area contributed by atoms with Crippen LogP contribution < -0.4 is 0 Å². The number of hydrogen-bond acceptors (Lipinski definition) is 1. The fourth-order valence-electron chi connectivity index (χ4n) is 4.93. The molecule has 0 atom stereocenters. The molecule has 1 aromatic heterocycles. The van der Waals surface area contributed by atoms with E-state index in [0.717, 1.165) is 22.5 Å². The Kier molecular flexibility index (Phi) is 5.79. The standard InChI is InChI=1S/C33H31N/c1-21(2)27-17-16-22(3)32-28(19-27)23(4)18-30(32)29-20-31(25-12-8-6-9-13-25)34-33(24(29)5)26-14-10-7-11-15-26/h6-21H,1-5H3. The van der Waals surface area contributed by atoms with Crippen LogP contribution in [0.4, 0.5) is 0 Å². The van der Waals surface area contributed by atoms with Crippen LogP contribution in [0.1, 0.15) is 42.0 Å². The maximum atomic E-state index is 5.16. The highest BCUT2D eigenvalue weighted by molar-refractivity contribution is 5.94. The smallest absolute Gasteiger partial charge is 0.0744 e. The van der Waals surface area contributed by atoms with Crippen LogP contribution in [0.2, 0.25) is 0 Å². The van der Waals surface area contributed by atoms with E-state index in [0.29, 0.717) is 5.92 Å². The lowest BCUT2D eigenvalue weighted by atomic mass is 9.92. The summed E-state index contributed by atoms with van der Waals surface area (Å²) in [4.78, 5) is 5.16. The van der Waals surface area contributed by atoms with Crippen LogP contribution in [0.25, 0.3) is 44.8 Å². The summed E-state index contributed by atoms with van der Waals surface area (Å²) < 4.78 is 0. The molecule has 0 saturated heterocycles. The molecule has 0 bridgehead atoms. The third-order valence-corrected chi connectivity index (χ3v) is 6.90. The summed E-state index contributed by atoms with van der Waals surface area (Å²) in [7, 11) is 0. The van der Waals surface area contributed by atoms with Crippen molar-refractivity contribution in [1.29, 1.82) is 0 Å². The van der Waals surface area contributed by atoms with Crippen LogP contribution in [0.15, 0.2) is 91.0 Å². The predicted octanol–water partition coefficient (Wildman–Crippen LogP) is 9.24. The van der Waals surface area contributed by atoms with Gasteiger partial charge in [0, 0.05) is 11.1 Å². The van der Waals surface area contributed by atoms with Crippen LogP contribution in [0.3, 0.4) is 0 Å². The second-order valence-corrected chi connectivity index (χ2v) is 9.61. The summed E-state index contributed by atoms with van der Waals surface area (Å²) in [6.07, 6.45) is 0. The lowest BCUT2D eigenvalue weighted by Gasteiger charge is -2.15. The molecule has 1 heterocycles. The normalized spacial score (nSPS) is 11.4. The average Bonchev–Trinajstić information content (AvgIpc) is 3.06. The Balaban J connectivity index is 1.81. The summed E-state index contributed by atoms with van der Waals surface area (Å²) in [5.41, 5.74) is 14.8. The zero-order valence-corrected chi connectivity index (χ0v) is 20.7. The second kappa shape index (κ2) is 8.91. The van der Waals surface area contributed by atoms with Crippen molar-refractivity contribution in [3.8, 4) is 44.8 Å². The van der Waals surface area contributed by atoms with Crippen LogP contribution in [-0.4, -0.2) is 4.98 Å². The van der Waals surface area contributed by atoms with Crippen LogP contribution in [0.5, 0.6) is 0 Å². The summed E-state index contributed by atoms with van der Waals surface area (Å²) >= 11 is 0. The van der Waals surface area contributed by atoms with E-state index in [4.69, 9.17) is 4.98 Å². The molecule has 0 fully saturated rings. The SMILES string of the molecule is Cc1cc(-c2cc(-c3ccccc3)nc(-c3ccccc3)c2C)c2c(C)ccc(C(C)C)cc1-2. The topological polar surface area (TPSA) is 12.9 Å². The molecule has 0 spiro atoms. The molecule has 2 aliphatic rings. The van der Waals surface area contributed by atoms with Crippen molar-refractivity contribution < 1.29 is 0 Å². The minimum atomic E-state index is 0.491. The molecule has 1 heteroatoms. The van der Waals surface area contributed by atoms with Crippen molar-refractivity contribution >= 4 is 0 Å². The van der Waals surface area contributed by atoms with Gasteiger partial charge in [-0.25, -0.2) is 4.98 Å². The highest BCUT2D eigenvalue weighted by atomic mass is 14.7. The van der Waals surface area contributed by atoms with Crippen LogP contribution in [0, 0.1) is 20.8 Å². The highest BCUT2D eigenvalue weighted by Crippen LogP contribution is 2.44. The molecule has 0 N–H and O–H groups in total. The van der Waals surface area contributed by atoms with E-state index in [9.17, 15) is 0 Å². The van der Waals surface area contributed by atoms with Gasteiger partial charge in [0.2, 0.25) is 0 Å². The molecule has 2 aromatic carbocycles. The summed E-state index contributed by atoms with van der Waals surface area (Å²) in [6, 6.07) is 32.7. The number of hydrogen-bond donors (Lipinski definition) is 0. The molecule has 2 aliphatic carbocycles. The maximum Gasteiger partial charge on any atom is 0.0744 e. The first-order valence-electron chi connectivity index (χ1n) is 12.1. The number of pyridine rings is 1. The Labute approximate surface area is 203 Å². The molecule has 1 nitrogen and oxygen atoms in total. The molecule has 0 radical (unpaired) electrons. The third-order valence-electron chi connectivity index (χ3n) is 6.90. The second-order valence-electron chi connectivity index (χ2n) is 9.61. The summed E-state index contributed by atoms with van der Waals surface area (Å²) in [5, 5.41) is 0. The van der Waals surface area contributed by atoms with Gasteiger partial charge in [-0.15, -0.1) is 0 Å². The zero-order valence-electron chi connectivity index (χ0n) is 20.7. The van der Waals surface area contributed by atoms with Crippen molar-refractivity contribution in [1.82, 2.24) is 4.98 Å². The summed E-state index contributed by atoms with van der Waals surface area (Å²) in [5.74, 6) is 0.491. The zero-order chi connectivity index (χ0) is 23.8. The van der Waals surface area contributed by atoms with Gasteiger partial charge >= 0.3 is 0 Å². The van der Waals surface area contributed by atoms with Crippen LogP contribution >= 0.6 is 0 Å². The lowest BCUT2D eigenvalue weighted by molar-refractivity contribution is 0.868. The van der Waals surface area contributed by atoms with Crippen molar-refractivity contribution in [2.24, 2.45) is 0 Å².